The summed E-state index contributed by atoms with van der Waals surface area (Å²) in [5.41, 5.74) is 2.94. The quantitative estimate of drug-likeness (QED) is 0.620. The third-order valence-corrected chi connectivity index (χ3v) is 2.61. The standard InChI is InChI=1S/C14H15/c1-14(2)10-8-13(9-11-14)12-6-4-3-5-7-12/h4-10H,11H2,1-2H3. The van der Waals surface area contributed by atoms with Crippen molar-refractivity contribution in [1.82, 2.24) is 0 Å². The van der Waals surface area contributed by atoms with E-state index >= 15 is 0 Å². The van der Waals surface area contributed by atoms with Gasteiger partial charge in [0.1, 0.15) is 0 Å². The Kier molecular flexibility index (Phi) is 2.28. The first-order valence-electron chi connectivity index (χ1n) is 5.03. The van der Waals surface area contributed by atoms with Gasteiger partial charge in [-0.1, -0.05) is 56.3 Å². The first-order valence-corrected chi connectivity index (χ1v) is 5.03. The van der Waals surface area contributed by atoms with E-state index in [-0.39, 0.29) is 0 Å². The predicted octanol–water partition coefficient (Wildman–Crippen LogP) is 3.86. The molecule has 0 bridgehead atoms. The Hall–Kier alpha value is -1.30. The molecule has 0 saturated heterocycles. The molecule has 0 amide bonds. The van der Waals surface area contributed by atoms with Crippen molar-refractivity contribution < 1.29 is 0 Å². The van der Waals surface area contributed by atoms with E-state index in [1.54, 1.807) is 0 Å². The van der Waals surface area contributed by atoms with E-state index < -0.39 is 0 Å². The van der Waals surface area contributed by atoms with Crippen molar-refractivity contribution in [2.45, 2.75) is 20.3 Å². The molecule has 2 rings (SSSR count). The molecule has 1 aliphatic carbocycles. The third kappa shape index (κ3) is 1.95. The second-order valence-electron chi connectivity index (χ2n) is 4.47. The minimum atomic E-state index is 0.324. The van der Waals surface area contributed by atoms with Gasteiger partial charge in [0.15, 0.2) is 0 Å². The van der Waals surface area contributed by atoms with Crippen molar-refractivity contribution >= 4 is 5.57 Å². The lowest BCUT2D eigenvalue weighted by Crippen LogP contribution is -2.08. The Morgan fingerprint density at radius 3 is 2.50 bits per heavy atom. The molecule has 0 nitrogen and oxygen atoms in total. The number of benzene rings is 1. The lowest BCUT2D eigenvalue weighted by molar-refractivity contribution is 0.485. The van der Waals surface area contributed by atoms with Crippen molar-refractivity contribution in [2.75, 3.05) is 0 Å². The van der Waals surface area contributed by atoms with Gasteiger partial charge in [0, 0.05) is 0 Å². The van der Waals surface area contributed by atoms with Crippen LogP contribution in [0.2, 0.25) is 0 Å². The molecule has 0 unspecified atom stereocenters. The molecule has 0 heterocycles. The van der Waals surface area contributed by atoms with Crippen molar-refractivity contribution in [2.24, 2.45) is 5.41 Å². The Labute approximate surface area is 86.0 Å². The highest BCUT2D eigenvalue weighted by Crippen LogP contribution is 2.31. The Morgan fingerprint density at radius 2 is 1.93 bits per heavy atom. The molecule has 0 saturated carbocycles. The van der Waals surface area contributed by atoms with Gasteiger partial charge in [-0.2, -0.15) is 0 Å². The first kappa shape index (κ1) is 9.26. The van der Waals surface area contributed by atoms with Crippen LogP contribution in [-0.4, -0.2) is 0 Å². The van der Waals surface area contributed by atoms with E-state index in [0.717, 1.165) is 6.42 Å². The van der Waals surface area contributed by atoms with Crippen molar-refractivity contribution in [3.8, 4) is 0 Å². The highest BCUT2D eigenvalue weighted by molar-refractivity contribution is 5.74. The summed E-state index contributed by atoms with van der Waals surface area (Å²) in [7, 11) is 0. The molecular formula is C14H15. The molecule has 0 fully saturated rings. The third-order valence-electron chi connectivity index (χ3n) is 2.61. The Morgan fingerprint density at radius 1 is 1.21 bits per heavy atom. The summed E-state index contributed by atoms with van der Waals surface area (Å²) in [6.45, 7) is 4.52. The minimum Gasteiger partial charge on any atom is -0.0779 e. The van der Waals surface area contributed by atoms with Gasteiger partial charge in [-0.3, -0.25) is 0 Å². The van der Waals surface area contributed by atoms with Gasteiger partial charge < -0.3 is 0 Å². The van der Waals surface area contributed by atoms with E-state index in [4.69, 9.17) is 0 Å². The van der Waals surface area contributed by atoms with Crippen LogP contribution >= 0.6 is 0 Å². The first-order chi connectivity index (χ1) is 6.67. The average molecular weight is 183 g/mol. The highest BCUT2D eigenvalue weighted by Gasteiger charge is 2.16. The van der Waals surface area contributed by atoms with Crippen LogP contribution < -0.4 is 0 Å². The fourth-order valence-electron chi connectivity index (χ4n) is 1.62. The molecule has 1 aromatic rings. The topological polar surface area (TPSA) is 0 Å². The van der Waals surface area contributed by atoms with E-state index in [9.17, 15) is 0 Å². The molecule has 1 radical (unpaired) electrons. The second-order valence-corrected chi connectivity index (χ2v) is 4.47. The summed E-state index contributed by atoms with van der Waals surface area (Å²) in [5.74, 6) is 0. The van der Waals surface area contributed by atoms with Gasteiger partial charge in [0.05, 0.1) is 0 Å². The van der Waals surface area contributed by atoms with Crippen LogP contribution in [0.5, 0.6) is 0 Å². The second kappa shape index (κ2) is 3.45. The molecule has 1 aromatic carbocycles. The monoisotopic (exact) mass is 183 g/mol. The summed E-state index contributed by atoms with van der Waals surface area (Å²) in [6.07, 6.45) is 7.95. The molecular weight excluding hydrogens is 168 g/mol. The van der Waals surface area contributed by atoms with E-state index in [2.05, 4.69) is 50.3 Å². The fraction of sp³-hybridized carbons (Fsp3) is 0.286. The summed E-state index contributed by atoms with van der Waals surface area (Å²) in [5, 5.41) is 0. The van der Waals surface area contributed by atoms with Crippen LogP contribution in [-0.2, 0) is 0 Å². The van der Waals surface area contributed by atoms with Gasteiger partial charge in [-0.05, 0) is 29.0 Å². The number of allylic oxidation sites excluding steroid dienone is 4. The summed E-state index contributed by atoms with van der Waals surface area (Å²) in [6, 6.07) is 11.2. The zero-order valence-corrected chi connectivity index (χ0v) is 8.75. The maximum atomic E-state index is 3.04. The smallest absolute Gasteiger partial charge is 0.0137 e. The molecule has 0 aromatic heterocycles. The Balaban J connectivity index is 2.25. The van der Waals surface area contributed by atoms with Gasteiger partial charge in [-0.25, -0.2) is 0 Å². The SMILES string of the molecule is CC1(C)C=CC(c2cc[c]cc2)=CC1. The van der Waals surface area contributed by atoms with Crippen LogP contribution in [0.1, 0.15) is 25.8 Å². The lowest BCUT2D eigenvalue weighted by Gasteiger charge is -2.22. The van der Waals surface area contributed by atoms with Gasteiger partial charge in [-0.15, -0.1) is 0 Å². The summed E-state index contributed by atoms with van der Waals surface area (Å²) < 4.78 is 0. The van der Waals surface area contributed by atoms with E-state index in [1.807, 2.05) is 12.1 Å². The highest BCUT2D eigenvalue weighted by atomic mass is 14.2. The average Bonchev–Trinajstić information content (AvgIpc) is 2.19. The van der Waals surface area contributed by atoms with Crippen LogP contribution in [0.4, 0.5) is 0 Å². The Bertz CT molecular complexity index is 366. The van der Waals surface area contributed by atoms with Crippen LogP contribution in [0, 0.1) is 11.5 Å². The normalized spacial score (nSPS) is 19.1. The number of hydrogen-bond donors (Lipinski definition) is 0. The number of rotatable bonds is 1. The van der Waals surface area contributed by atoms with E-state index in [0.29, 0.717) is 5.41 Å². The molecule has 0 spiro atoms. The minimum absolute atomic E-state index is 0.324. The van der Waals surface area contributed by atoms with Crippen molar-refractivity contribution in [1.29, 1.82) is 0 Å². The van der Waals surface area contributed by atoms with Gasteiger partial charge >= 0.3 is 0 Å². The maximum Gasteiger partial charge on any atom is -0.0137 e. The maximum absolute atomic E-state index is 3.04. The molecule has 71 valence electrons. The summed E-state index contributed by atoms with van der Waals surface area (Å²) >= 11 is 0. The number of hydrogen-bond acceptors (Lipinski definition) is 0. The fourth-order valence-corrected chi connectivity index (χ4v) is 1.62. The zero-order valence-electron chi connectivity index (χ0n) is 8.75. The van der Waals surface area contributed by atoms with Crippen molar-refractivity contribution in [3.05, 3.63) is 54.1 Å². The van der Waals surface area contributed by atoms with Crippen LogP contribution in [0.25, 0.3) is 5.57 Å². The van der Waals surface area contributed by atoms with Crippen LogP contribution in [0.15, 0.2) is 42.5 Å². The lowest BCUT2D eigenvalue weighted by atomic mass is 9.83. The van der Waals surface area contributed by atoms with Crippen LogP contribution in [0.3, 0.4) is 0 Å². The van der Waals surface area contributed by atoms with E-state index in [1.165, 1.54) is 11.1 Å². The van der Waals surface area contributed by atoms with Crippen molar-refractivity contribution in [3.63, 3.8) is 0 Å². The largest absolute Gasteiger partial charge is 0.0779 e. The molecule has 1 aliphatic rings. The van der Waals surface area contributed by atoms with Gasteiger partial charge in [0.2, 0.25) is 0 Å². The molecule has 0 aliphatic heterocycles. The molecule has 14 heavy (non-hydrogen) atoms. The predicted molar refractivity (Wildman–Crippen MR) is 60.8 cm³/mol. The zero-order chi connectivity index (χ0) is 10.0. The van der Waals surface area contributed by atoms with Gasteiger partial charge in [0.25, 0.3) is 0 Å². The molecule has 0 heteroatoms. The molecule has 0 atom stereocenters. The molecule has 0 N–H and O–H groups in total. The summed E-state index contributed by atoms with van der Waals surface area (Å²) in [4.78, 5) is 0.